The van der Waals surface area contributed by atoms with E-state index in [0.29, 0.717) is 35.7 Å². The Hall–Kier alpha value is -2.13. The van der Waals surface area contributed by atoms with Gasteiger partial charge in [0.2, 0.25) is 0 Å². The summed E-state index contributed by atoms with van der Waals surface area (Å²) < 4.78 is 25.4. The Balaban J connectivity index is 1.64. The molecular weight excluding hydrogens is 398 g/mol. The van der Waals surface area contributed by atoms with Gasteiger partial charge in [0.05, 0.1) is 32.0 Å². The van der Waals surface area contributed by atoms with Crippen LogP contribution in [0.1, 0.15) is 70.8 Å². The summed E-state index contributed by atoms with van der Waals surface area (Å²) >= 11 is 0. The molecule has 172 valence electrons. The Morgan fingerprint density at radius 1 is 1.13 bits per heavy atom. The van der Waals surface area contributed by atoms with Crippen LogP contribution < -0.4 is 15.2 Å². The van der Waals surface area contributed by atoms with Crippen LogP contribution in [-0.4, -0.2) is 58.7 Å². The van der Waals surface area contributed by atoms with Gasteiger partial charge in [-0.1, -0.05) is 13.3 Å². The van der Waals surface area contributed by atoms with Gasteiger partial charge in [-0.3, -0.25) is 4.57 Å². The van der Waals surface area contributed by atoms with Crippen LogP contribution in [0.25, 0.3) is 11.2 Å². The van der Waals surface area contributed by atoms with E-state index in [9.17, 15) is 0 Å². The summed E-state index contributed by atoms with van der Waals surface area (Å²) in [6, 6.07) is 0.827. The zero-order valence-electron chi connectivity index (χ0n) is 18.7. The van der Waals surface area contributed by atoms with Crippen LogP contribution in [0.15, 0.2) is 0 Å². The van der Waals surface area contributed by atoms with Gasteiger partial charge in [0.25, 0.3) is 6.01 Å². The smallest absolute Gasteiger partial charge is 0.320 e. The van der Waals surface area contributed by atoms with Crippen molar-refractivity contribution in [2.75, 3.05) is 32.7 Å². The first kappa shape index (κ1) is 22.1. The Morgan fingerprint density at radius 2 is 1.97 bits per heavy atom. The van der Waals surface area contributed by atoms with Crippen molar-refractivity contribution in [1.29, 1.82) is 0 Å². The highest BCUT2D eigenvalue weighted by Gasteiger charge is 2.32. The average molecular weight is 434 g/mol. The molecule has 9 heteroatoms. The lowest BCUT2D eigenvalue weighted by molar-refractivity contribution is 0.0567. The van der Waals surface area contributed by atoms with Crippen molar-refractivity contribution in [3.63, 3.8) is 0 Å². The van der Waals surface area contributed by atoms with E-state index in [0.717, 1.165) is 71.0 Å². The molecule has 0 saturated carbocycles. The fourth-order valence-electron chi connectivity index (χ4n) is 4.58. The minimum Gasteiger partial charge on any atom is -0.468 e. The fourth-order valence-corrected chi connectivity index (χ4v) is 4.58. The maximum Gasteiger partial charge on any atom is 0.320 e. The van der Waals surface area contributed by atoms with Crippen molar-refractivity contribution in [2.45, 2.75) is 83.0 Å². The highest BCUT2D eigenvalue weighted by Crippen LogP contribution is 2.36. The second kappa shape index (κ2) is 10.5. The second-order valence-electron chi connectivity index (χ2n) is 8.42. The molecule has 2 aromatic rings. The first-order valence-corrected chi connectivity index (χ1v) is 11.7. The van der Waals surface area contributed by atoms with Gasteiger partial charge in [-0.25, -0.2) is 0 Å². The van der Waals surface area contributed by atoms with Gasteiger partial charge in [-0.15, -0.1) is 0 Å². The van der Waals surface area contributed by atoms with Crippen LogP contribution >= 0.6 is 0 Å². The third-order valence-corrected chi connectivity index (χ3v) is 6.20. The number of aromatic nitrogens is 4. The van der Waals surface area contributed by atoms with Gasteiger partial charge >= 0.3 is 6.01 Å². The lowest BCUT2D eigenvalue weighted by atomic mass is 9.99. The van der Waals surface area contributed by atoms with E-state index in [1.165, 1.54) is 0 Å². The molecule has 31 heavy (non-hydrogen) atoms. The molecule has 2 fully saturated rings. The van der Waals surface area contributed by atoms with E-state index >= 15 is 0 Å². The lowest BCUT2D eigenvalue weighted by Crippen LogP contribution is -2.25. The largest absolute Gasteiger partial charge is 0.468 e. The summed E-state index contributed by atoms with van der Waals surface area (Å²) in [5, 5.41) is 0. The van der Waals surface area contributed by atoms with E-state index < -0.39 is 0 Å². The van der Waals surface area contributed by atoms with Crippen molar-refractivity contribution in [2.24, 2.45) is 0 Å². The third kappa shape index (κ3) is 5.03. The second-order valence-corrected chi connectivity index (χ2v) is 8.42. The number of nitrogen functional groups attached to an aromatic ring is 1. The molecule has 2 aliphatic heterocycles. The molecular formula is C22H35N5O4. The lowest BCUT2D eigenvalue weighted by Gasteiger charge is -2.26. The number of rotatable bonds is 11. The van der Waals surface area contributed by atoms with Crippen molar-refractivity contribution in [1.82, 2.24) is 19.5 Å². The SMILES string of the molecule is CCCCOc1nc(N)c2nc(OC)n(C(CCCC3CCCO3)C3CCCO3)c2n1. The summed E-state index contributed by atoms with van der Waals surface area (Å²) in [6.07, 6.45) is 9.86. The van der Waals surface area contributed by atoms with Crippen LogP contribution in [0.4, 0.5) is 5.82 Å². The molecule has 0 bridgehead atoms. The molecule has 2 N–H and O–H groups in total. The number of imidazole rings is 1. The van der Waals surface area contributed by atoms with Gasteiger partial charge in [0.1, 0.15) is 0 Å². The highest BCUT2D eigenvalue weighted by atomic mass is 16.5. The average Bonchev–Trinajstić information content (AvgIpc) is 3.53. The van der Waals surface area contributed by atoms with E-state index in [1.807, 2.05) is 4.57 Å². The molecule has 2 saturated heterocycles. The molecule has 4 heterocycles. The van der Waals surface area contributed by atoms with Gasteiger partial charge in [0.15, 0.2) is 17.0 Å². The monoisotopic (exact) mass is 433 g/mol. The van der Waals surface area contributed by atoms with Crippen molar-refractivity contribution in [3.05, 3.63) is 0 Å². The van der Waals surface area contributed by atoms with Crippen LogP contribution in [-0.2, 0) is 9.47 Å². The van der Waals surface area contributed by atoms with Gasteiger partial charge < -0.3 is 24.7 Å². The van der Waals surface area contributed by atoms with Gasteiger partial charge in [-0.2, -0.15) is 15.0 Å². The Morgan fingerprint density at radius 3 is 2.68 bits per heavy atom. The zero-order chi connectivity index (χ0) is 21.6. The zero-order valence-corrected chi connectivity index (χ0v) is 18.7. The number of anilines is 1. The molecule has 0 aromatic carbocycles. The van der Waals surface area contributed by atoms with Crippen molar-refractivity contribution in [3.8, 4) is 12.0 Å². The number of fused-ring (bicyclic) bond motifs is 1. The van der Waals surface area contributed by atoms with Gasteiger partial charge in [0, 0.05) is 13.2 Å². The molecule has 9 nitrogen and oxygen atoms in total. The summed E-state index contributed by atoms with van der Waals surface area (Å²) in [5.41, 5.74) is 7.41. The Kier molecular flexibility index (Phi) is 7.45. The quantitative estimate of drug-likeness (QED) is 0.535. The Labute approximate surface area is 183 Å². The van der Waals surface area contributed by atoms with Crippen LogP contribution in [0, 0.1) is 0 Å². The molecule has 2 aliphatic rings. The fraction of sp³-hybridized carbons (Fsp3) is 0.773. The minimum absolute atomic E-state index is 0.0571. The maximum absolute atomic E-state index is 6.22. The van der Waals surface area contributed by atoms with E-state index in [2.05, 4.69) is 21.9 Å². The summed E-state index contributed by atoms with van der Waals surface area (Å²) in [7, 11) is 1.62. The molecule has 4 rings (SSSR count). The maximum atomic E-state index is 6.22. The number of hydrogen-bond donors (Lipinski definition) is 1. The Bertz CT molecular complexity index is 846. The summed E-state index contributed by atoms with van der Waals surface area (Å²) in [6.45, 7) is 4.34. The number of methoxy groups -OCH3 is 1. The summed E-state index contributed by atoms with van der Waals surface area (Å²) in [4.78, 5) is 13.6. The molecule has 0 spiro atoms. The number of hydrogen-bond acceptors (Lipinski definition) is 8. The normalized spacial score (nSPS) is 22.3. The predicted octanol–water partition coefficient (Wildman–Crippen LogP) is 3.67. The number of nitrogens with two attached hydrogens (primary N) is 1. The van der Waals surface area contributed by atoms with E-state index in [-0.39, 0.29) is 18.2 Å². The highest BCUT2D eigenvalue weighted by molar-refractivity contribution is 5.83. The first-order valence-electron chi connectivity index (χ1n) is 11.7. The van der Waals surface area contributed by atoms with Crippen LogP contribution in [0.2, 0.25) is 0 Å². The van der Waals surface area contributed by atoms with Gasteiger partial charge in [-0.05, 0) is 51.4 Å². The minimum atomic E-state index is 0.0571. The molecule has 0 amide bonds. The first-order chi connectivity index (χ1) is 15.2. The topological polar surface area (TPSA) is 107 Å². The number of unbranched alkanes of at least 4 members (excludes halogenated alkanes) is 1. The number of ether oxygens (including phenoxy) is 4. The van der Waals surface area contributed by atoms with Crippen molar-refractivity contribution >= 4 is 17.0 Å². The van der Waals surface area contributed by atoms with E-state index in [1.54, 1.807) is 7.11 Å². The molecule has 3 unspecified atom stereocenters. The standard InChI is InChI=1S/C22H35N5O4/c1-3-4-12-31-21-25-19(23)18-20(26-21)27(22(24-18)28-2)16(17-11-7-14-30-17)10-5-8-15-9-6-13-29-15/h15-17H,3-14H2,1-2H3,(H2,23,25,26). The van der Waals surface area contributed by atoms with Crippen LogP contribution in [0.5, 0.6) is 12.0 Å². The van der Waals surface area contributed by atoms with Crippen LogP contribution in [0.3, 0.4) is 0 Å². The molecule has 0 aliphatic carbocycles. The molecule has 3 atom stereocenters. The van der Waals surface area contributed by atoms with E-state index in [4.69, 9.17) is 24.7 Å². The van der Waals surface area contributed by atoms with Crippen molar-refractivity contribution < 1.29 is 18.9 Å². The predicted molar refractivity (Wildman–Crippen MR) is 118 cm³/mol. The molecule has 2 aromatic heterocycles. The third-order valence-electron chi connectivity index (χ3n) is 6.20. The number of nitrogens with zero attached hydrogens (tertiary/aromatic N) is 4. The molecule has 0 radical (unpaired) electrons. The summed E-state index contributed by atoms with van der Waals surface area (Å²) in [5.74, 6) is 0.305.